The summed E-state index contributed by atoms with van der Waals surface area (Å²) < 4.78 is 92.3. The molecule has 2 amide bonds. The van der Waals surface area contributed by atoms with E-state index in [1.54, 1.807) is 0 Å². The number of carbonyl (C=O) groups excluding carboxylic acids is 2. The van der Waals surface area contributed by atoms with E-state index in [9.17, 15) is 40.3 Å². The van der Waals surface area contributed by atoms with E-state index < -0.39 is 65.4 Å². The monoisotopic (exact) mass is 513 g/mol. The highest BCUT2D eigenvalue weighted by molar-refractivity contribution is 7.10. The van der Waals surface area contributed by atoms with Crippen LogP contribution in [0.2, 0.25) is 5.02 Å². The first-order valence-electron chi connectivity index (χ1n) is 8.90. The van der Waals surface area contributed by atoms with Crippen LogP contribution in [0.25, 0.3) is 0 Å². The average molecular weight is 514 g/mol. The van der Waals surface area contributed by atoms with Crippen molar-refractivity contribution < 1.29 is 40.3 Å². The summed E-state index contributed by atoms with van der Waals surface area (Å²) in [6, 6.07) is -0.677. The number of rotatable bonds is 4. The van der Waals surface area contributed by atoms with Gasteiger partial charge in [0.1, 0.15) is 18.3 Å². The van der Waals surface area contributed by atoms with E-state index in [1.165, 1.54) is 5.38 Å². The van der Waals surface area contributed by atoms with Gasteiger partial charge in [-0.2, -0.15) is 26.3 Å². The fourth-order valence-electron chi connectivity index (χ4n) is 3.26. The molecule has 0 saturated carbocycles. The zero-order valence-electron chi connectivity index (χ0n) is 16.1. The predicted molar refractivity (Wildman–Crippen MR) is 104 cm³/mol. The van der Waals surface area contributed by atoms with Crippen LogP contribution in [0.15, 0.2) is 17.5 Å². The maximum atomic E-state index is 14.0. The van der Waals surface area contributed by atoms with Gasteiger partial charge in [0.05, 0.1) is 10.6 Å². The molecule has 1 aromatic carbocycles. The molecule has 0 radical (unpaired) electrons. The van der Waals surface area contributed by atoms with Gasteiger partial charge in [0.25, 0.3) is 5.91 Å². The molecule has 1 fully saturated rings. The van der Waals surface area contributed by atoms with Crippen molar-refractivity contribution in [3.63, 3.8) is 0 Å². The molecule has 1 atom stereocenters. The van der Waals surface area contributed by atoms with Crippen LogP contribution < -0.4 is 4.90 Å². The molecule has 14 heteroatoms. The van der Waals surface area contributed by atoms with Gasteiger partial charge in [0.2, 0.25) is 5.91 Å². The summed E-state index contributed by atoms with van der Waals surface area (Å²) in [5.41, 5.74) is -2.81. The number of hydrogen-bond donors (Lipinski definition) is 0. The van der Waals surface area contributed by atoms with Crippen LogP contribution in [0, 0.1) is 18.2 Å². The summed E-state index contributed by atoms with van der Waals surface area (Å²) in [4.78, 5) is 30.6. The average Bonchev–Trinajstić information content (AvgIpc) is 3.31. The van der Waals surface area contributed by atoms with Gasteiger partial charge in [-0.25, -0.2) is 9.37 Å². The summed E-state index contributed by atoms with van der Waals surface area (Å²) in [6.45, 7) is -2.03. The number of thiazole rings is 1. The van der Waals surface area contributed by atoms with E-state index in [0.717, 1.165) is 11.3 Å². The van der Waals surface area contributed by atoms with Crippen LogP contribution in [-0.4, -0.2) is 47.0 Å². The molecule has 33 heavy (non-hydrogen) atoms. The van der Waals surface area contributed by atoms with Crippen molar-refractivity contribution in [2.75, 3.05) is 18.0 Å². The highest BCUT2D eigenvalue weighted by Crippen LogP contribution is 2.39. The molecule has 1 aromatic heterocycles. The Hall–Kier alpha value is -2.85. The first-order chi connectivity index (χ1) is 15.2. The van der Waals surface area contributed by atoms with Crippen molar-refractivity contribution in [1.82, 2.24) is 9.88 Å². The molecule has 2 heterocycles. The Kier molecular flexibility index (Phi) is 6.63. The van der Waals surface area contributed by atoms with Crippen LogP contribution in [0.1, 0.15) is 27.5 Å². The van der Waals surface area contributed by atoms with Crippen molar-refractivity contribution in [1.29, 1.82) is 0 Å². The number of alkyl halides is 6. The van der Waals surface area contributed by atoms with Crippen LogP contribution in [0.3, 0.4) is 0 Å². The van der Waals surface area contributed by atoms with Gasteiger partial charge < -0.3 is 4.90 Å². The molecule has 176 valence electrons. The van der Waals surface area contributed by atoms with Gasteiger partial charge >= 0.3 is 12.4 Å². The standard InChI is InChI=1S/C19H11ClF7N3O2S/c1-2-14-28-12(7-33-14)16(31)30(13-3-4-29(17(13)32)8-18(22,23)24)9-5-10(19(25,26)27)15(21)11(20)6-9/h1,5-7,13H,3-4,8H2. The number of aromatic nitrogens is 1. The molecule has 0 bridgehead atoms. The third-order valence-electron chi connectivity index (χ3n) is 4.61. The van der Waals surface area contributed by atoms with Gasteiger partial charge in [-0.1, -0.05) is 11.6 Å². The number of anilines is 1. The Balaban J connectivity index is 2.11. The van der Waals surface area contributed by atoms with Crippen molar-refractivity contribution in [2.24, 2.45) is 0 Å². The Bertz CT molecular complexity index is 1140. The van der Waals surface area contributed by atoms with Gasteiger partial charge in [0.15, 0.2) is 10.8 Å². The highest BCUT2D eigenvalue weighted by Gasteiger charge is 2.45. The van der Waals surface area contributed by atoms with Crippen molar-refractivity contribution in [3.8, 4) is 12.3 Å². The molecule has 1 saturated heterocycles. The highest BCUT2D eigenvalue weighted by atomic mass is 35.5. The lowest BCUT2D eigenvalue weighted by Gasteiger charge is -2.29. The Morgan fingerprint density at radius 3 is 2.52 bits per heavy atom. The third kappa shape index (κ3) is 5.22. The molecule has 0 N–H and O–H groups in total. The van der Waals surface area contributed by atoms with Gasteiger partial charge in [0, 0.05) is 17.6 Å². The van der Waals surface area contributed by atoms with Crippen molar-refractivity contribution >= 4 is 40.4 Å². The molecule has 0 aliphatic carbocycles. The van der Waals surface area contributed by atoms with E-state index in [2.05, 4.69) is 10.9 Å². The van der Waals surface area contributed by atoms with E-state index >= 15 is 0 Å². The van der Waals surface area contributed by atoms with Crippen molar-refractivity contribution in [2.45, 2.75) is 24.8 Å². The van der Waals surface area contributed by atoms with E-state index in [-0.39, 0.29) is 23.2 Å². The summed E-state index contributed by atoms with van der Waals surface area (Å²) >= 11 is 6.46. The summed E-state index contributed by atoms with van der Waals surface area (Å²) in [5.74, 6) is -1.92. The second-order valence-electron chi connectivity index (χ2n) is 6.82. The first kappa shape index (κ1) is 24.8. The molecular weight excluding hydrogens is 503 g/mol. The van der Waals surface area contributed by atoms with Crippen LogP contribution in [0.5, 0.6) is 0 Å². The van der Waals surface area contributed by atoms with Crippen LogP contribution in [0.4, 0.5) is 36.4 Å². The predicted octanol–water partition coefficient (Wildman–Crippen LogP) is 4.75. The van der Waals surface area contributed by atoms with Gasteiger partial charge in [-0.15, -0.1) is 17.8 Å². The minimum Gasteiger partial charge on any atom is -0.332 e. The number of terminal acetylenes is 1. The van der Waals surface area contributed by atoms with Crippen LogP contribution in [-0.2, 0) is 11.0 Å². The molecule has 3 rings (SSSR count). The SMILES string of the molecule is C#Cc1nc(C(=O)N(c2cc(Cl)c(F)c(C(F)(F)F)c2)C2CCN(CC(F)(F)F)C2=O)cs1. The lowest BCUT2D eigenvalue weighted by molar-refractivity contribution is -0.157. The molecule has 2 aromatic rings. The maximum absolute atomic E-state index is 14.0. The second kappa shape index (κ2) is 8.83. The minimum absolute atomic E-state index is 0.0443. The lowest BCUT2D eigenvalue weighted by atomic mass is 10.1. The van der Waals surface area contributed by atoms with E-state index in [4.69, 9.17) is 18.0 Å². The fourth-order valence-corrected chi connectivity index (χ4v) is 4.07. The minimum atomic E-state index is -5.21. The molecule has 1 aliphatic rings. The number of hydrogen-bond acceptors (Lipinski definition) is 4. The Morgan fingerprint density at radius 2 is 1.97 bits per heavy atom. The Labute approximate surface area is 190 Å². The summed E-state index contributed by atoms with van der Waals surface area (Å²) in [7, 11) is 0. The molecular formula is C19H11ClF7N3O2S. The molecule has 1 unspecified atom stereocenters. The summed E-state index contributed by atoms with van der Waals surface area (Å²) in [6.07, 6.45) is -5.08. The Morgan fingerprint density at radius 1 is 1.30 bits per heavy atom. The largest absolute Gasteiger partial charge is 0.419 e. The first-order valence-corrected chi connectivity index (χ1v) is 10.2. The third-order valence-corrected chi connectivity index (χ3v) is 5.66. The number of nitrogens with zero attached hydrogens (tertiary/aromatic N) is 3. The topological polar surface area (TPSA) is 53.5 Å². The number of amides is 2. The lowest BCUT2D eigenvalue weighted by Crippen LogP contribution is -2.47. The fraction of sp³-hybridized carbons (Fsp3) is 0.316. The van der Waals surface area contributed by atoms with Crippen molar-refractivity contribution in [3.05, 3.63) is 44.6 Å². The van der Waals surface area contributed by atoms with Gasteiger partial charge in [-0.3, -0.25) is 14.5 Å². The number of likely N-dealkylation sites (tertiary alicyclic amines) is 1. The number of halogens is 8. The summed E-state index contributed by atoms with van der Waals surface area (Å²) in [5, 5.41) is 0.216. The zero-order chi connectivity index (χ0) is 24.7. The number of carbonyl (C=O) groups is 2. The molecule has 5 nitrogen and oxygen atoms in total. The second-order valence-corrected chi connectivity index (χ2v) is 8.09. The quantitative estimate of drug-likeness (QED) is 0.438. The van der Waals surface area contributed by atoms with Gasteiger partial charge in [-0.05, 0) is 24.5 Å². The van der Waals surface area contributed by atoms with Crippen LogP contribution >= 0.6 is 22.9 Å². The normalized spacial score (nSPS) is 16.8. The maximum Gasteiger partial charge on any atom is 0.419 e. The molecule has 0 spiro atoms. The zero-order valence-corrected chi connectivity index (χ0v) is 17.7. The van der Waals surface area contributed by atoms with E-state index in [0.29, 0.717) is 15.9 Å². The number of benzene rings is 1. The molecule has 1 aliphatic heterocycles. The smallest absolute Gasteiger partial charge is 0.332 e. The van der Waals surface area contributed by atoms with E-state index in [1.807, 2.05) is 0 Å².